The number of hydrogen-bond acceptors (Lipinski definition) is 3. The smallest absolute Gasteiger partial charge is 0.266 e. The molecule has 0 aliphatic carbocycles. The lowest BCUT2D eigenvalue weighted by Gasteiger charge is -2.14. The molecule has 0 N–H and O–H groups in total. The van der Waals surface area contributed by atoms with Gasteiger partial charge in [-0.2, -0.15) is 0 Å². The van der Waals surface area contributed by atoms with Crippen molar-refractivity contribution < 1.29 is 13.2 Å². The zero-order chi connectivity index (χ0) is 25.9. The van der Waals surface area contributed by atoms with E-state index in [0.717, 1.165) is 23.3 Å². The quantitative estimate of drug-likeness (QED) is 0.126. The number of hydrogen-bond donors (Lipinski definition) is 0. The lowest BCUT2D eigenvalue weighted by atomic mass is 10.1. The number of para-hydroxylation sites is 1. The molecule has 0 saturated heterocycles. The molecule has 1 heterocycles. The number of fused-ring (bicyclic) bond motifs is 1. The Morgan fingerprint density at radius 1 is 0.865 bits per heavy atom. The topological polar surface area (TPSA) is 34.9 Å². The standard InChI is InChI=1S/C29H18ClF3N2OS/c30-23-5-3-6-24(32)21(23)14-12-18-8-10-19(11-9-18)17-37-29-34-26-7-2-1-4-22(26)28(36)35(29)27-15-13-20(31)16-25(27)33/h1-16H,17H2. The van der Waals surface area contributed by atoms with E-state index < -0.39 is 23.0 Å². The van der Waals surface area contributed by atoms with Crippen molar-refractivity contribution in [2.75, 3.05) is 0 Å². The van der Waals surface area contributed by atoms with Crippen LogP contribution >= 0.6 is 23.4 Å². The molecular weight excluding hydrogens is 517 g/mol. The highest BCUT2D eigenvalue weighted by Gasteiger charge is 2.17. The number of aromatic nitrogens is 2. The molecule has 0 fully saturated rings. The molecular formula is C29H18ClF3N2OS. The molecule has 0 unspecified atom stereocenters. The van der Waals surface area contributed by atoms with Gasteiger partial charge in [-0.3, -0.25) is 9.36 Å². The molecule has 184 valence electrons. The SMILES string of the molecule is O=c1c2ccccc2nc(SCc2ccc(C=Cc3c(F)cccc3Cl)cc2)n1-c1ccc(F)cc1F. The molecule has 0 bridgehead atoms. The second-order valence-corrected chi connectivity index (χ2v) is 9.50. The molecule has 5 rings (SSSR count). The maximum absolute atomic E-state index is 14.7. The van der Waals surface area contributed by atoms with Crippen LogP contribution in [0.2, 0.25) is 5.02 Å². The highest BCUT2D eigenvalue weighted by molar-refractivity contribution is 7.98. The Morgan fingerprint density at radius 2 is 1.65 bits per heavy atom. The Kier molecular flexibility index (Phi) is 7.17. The van der Waals surface area contributed by atoms with Crippen LogP contribution in [-0.2, 0) is 5.75 Å². The number of thioether (sulfide) groups is 1. The molecule has 0 amide bonds. The monoisotopic (exact) mass is 534 g/mol. The summed E-state index contributed by atoms with van der Waals surface area (Å²) in [6, 6.07) is 22.0. The fraction of sp³-hybridized carbons (Fsp3) is 0.0345. The van der Waals surface area contributed by atoms with E-state index in [2.05, 4.69) is 4.98 Å². The average Bonchev–Trinajstić information content (AvgIpc) is 2.89. The van der Waals surface area contributed by atoms with E-state index in [1.807, 2.05) is 24.3 Å². The predicted octanol–water partition coefficient (Wildman–Crippen LogP) is 7.92. The van der Waals surface area contributed by atoms with E-state index >= 15 is 0 Å². The molecule has 0 radical (unpaired) electrons. The predicted molar refractivity (Wildman–Crippen MR) is 144 cm³/mol. The van der Waals surface area contributed by atoms with Crippen molar-refractivity contribution in [3.63, 3.8) is 0 Å². The summed E-state index contributed by atoms with van der Waals surface area (Å²) in [5.74, 6) is -1.55. The first kappa shape index (κ1) is 24.9. The molecule has 4 aromatic carbocycles. The Bertz CT molecular complexity index is 1680. The molecule has 0 saturated carbocycles. The highest BCUT2D eigenvalue weighted by Crippen LogP contribution is 2.27. The van der Waals surface area contributed by atoms with Gasteiger partial charge in [0, 0.05) is 17.4 Å². The fourth-order valence-corrected chi connectivity index (χ4v) is 4.99. The maximum atomic E-state index is 14.7. The van der Waals surface area contributed by atoms with Gasteiger partial charge in [0.1, 0.15) is 17.5 Å². The van der Waals surface area contributed by atoms with Gasteiger partial charge in [-0.25, -0.2) is 18.2 Å². The average molecular weight is 535 g/mol. The van der Waals surface area contributed by atoms with Crippen molar-refractivity contribution in [1.82, 2.24) is 9.55 Å². The Labute approximate surface area is 219 Å². The van der Waals surface area contributed by atoms with Crippen LogP contribution in [0.1, 0.15) is 16.7 Å². The van der Waals surface area contributed by atoms with Crippen LogP contribution in [0, 0.1) is 17.5 Å². The molecule has 8 heteroatoms. The molecule has 0 aliphatic heterocycles. The minimum Gasteiger partial charge on any atom is -0.268 e. The minimum absolute atomic E-state index is 0.0700. The molecule has 37 heavy (non-hydrogen) atoms. The van der Waals surface area contributed by atoms with Gasteiger partial charge in [-0.1, -0.05) is 71.9 Å². The molecule has 0 atom stereocenters. The second-order valence-electron chi connectivity index (χ2n) is 8.15. The van der Waals surface area contributed by atoms with Gasteiger partial charge in [-0.15, -0.1) is 0 Å². The van der Waals surface area contributed by atoms with Gasteiger partial charge in [0.05, 0.1) is 21.6 Å². The fourth-order valence-electron chi connectivity index (χ4n) is 3.81. The summed E-state index contributed by atoms with van der Waals surface area (Å²) in [4.78, 5) is 17.9. The summed E-state index contributed by atoms with van der Waals surface area (Å²) in [6.45, 7) is 0. The summed E-state index contributed by atoms with van der Waals surface area (Å²) < 4.78 is 43.4. The first-order valence-electron chi connectivity index (χ1n) is 11.2. The van der Waals surface area contributed by atoms with Gasteiger partial charge in [0.2, 0.25) is 0 Å². The second kappa shape index (κ2) is 10.7. The Morgan fingerprint density at radius 3 is 2.41 bits per heavy atom. The van der Waals surface area contributed by atoms with Gasteiger partial charge in [0.25, 0.3) is 5.56 Å². The molecule has 5 aromatic rings. The minimum atomic E-state index is -0.855. The summed E-state index contributed by atoms with van der Waals surface area (Å²) in [5.41, 5.74) is 2.07. The van der Waals surface area contributed by atoms with Gasteiger partial charge in [-0.05, 0) is 53.6 Å². The van der Waals surface area contributed by atoms with Crippen LogP contribution in [0.5, 0.6) is 0 Å². The van der Waals surface area contributed by atoms with Crippen molar-refractivity contribution in [2.24, 2.45) is 0 Å². The molecule has 0 spiro atoms. The highest BCUT2D eigenvalue weighted by atomic mass is 35.5. The first-order valence-corrected chi connectivity index (χ1v) is 12.6. The van der Waals surface area contributed by atoms with Crippen LogP contribution in [0.15, 0.2) is 94.9 Å². The summed E-state index contributed by atoms with van der Waals surface area (Å²) in [6.07, 6.45) is 3.39. The van der Waals surface area contributed by atoms with E-state index in [1.165, 1.54) is 28.5 Å². The normalized spacial score (nSPS) is 11.5. The Hall–Kier alpha value is -3.81. The van der Waals surface area contributed by atoms with Crippen molar-refractivity contribution in [1.29, 1.82) is 0 Å². The van der Waals surface area contributed by atoms with Crippen molar-refractivity contribution in [3.8, 4) is 5.69 Å². The van der Waals surface area contributed by atoms with Crippen molar-refractivity contribution in [3.05, 3.63) is 134 Å². The van der Waals surface area contributed by atoms with Crippen LogP contribution in [0.4, 0.5) is 13.2 Å². The number of rotatable bonds is 6. The molecule has 1 aromatic heterocycles. The Balaban J connectivity index is 1.43. The van der Waals surface area contributed by atoms with E-state index in [4.69, 9.17) is 11.6 Å². The number of nitrogens with zero attached hydrogens (tertiary/aromatic N) is 2. The zero-order valence-corrected chi connectivity index (χ0v) is 20.7. The molecule has 0 aliphatic rings. The van der Waals surface area contributed by atoms with Gasteiger partial charge in [0.15, 0.2) is 5.16 Å². The number of halogens is 4. The summed E-state index contributed by atoms with van der Waals surface area (Å²) in [5, 5.41) is 0.949. The third-order valence-corrected chi connectivity index (χ3v) is 7.02. The van der Waals surface area contributed by atoms with Crippen LogP contribution in [0.3, 0.4) is 0 Å². The molecule has 3 nitrogen and oxygen atoms in total. The number of benzene rings is 4. The summed E-state index contributed by atoms with van der Waals surface area (Å²) in [7, 11) is 0. The van der Waals surface area contributed by atoms with E-state index in [-0.39, 0.29) is 10.8 Å². The van der Waals surface area contributed by atoms with Crippen molar-refractivity contribution in [2.45, 2.75) is 10.9 Å². The largest absolute Gasteiger partial charge is 0.268 e. The zero-order valence-electron chi connectivity index (χ0n) is 19.2. The van der Waals surface area contributed by atoms with Crippen molar-refractivity contribution >= 4 is 46.4 Å². The first-order chi connectivity index (χ1) is 17.9. The maximum Gasteiger partial charge on any atom is 0.266 e. The van der Waals surface area contributed by atoms with E-state index in [9.17, 15) is 18.0 Å². The third-order valence-electron chi connectivity index (χ3n) is 5.69. The summed E-state index contributed by atoms with van der Waals surface area (Å²) >= 11 is 7.34. The van der Waals surface area contributed by atoms with E-state index in [0.29, 0.717) is 27.2 Å². The van der Waals surface area contributed by atoms with Gasteiger partial charge < -0.3 is 0 Å². The van der Waals surface area contributed by atoms with E-state index in [1.54, 1.807) is 48.6 Å². The van der Waals surface area contributed by atoms with Gasteiger partial charge >= 0.3 is 0 Å². The van der Waals surface area contributed by atoms with Crippen LogP contribution in [-0.4, -0.2) is 9.55 Å². The lowest BCUT2D eigenvalue weighted by molar-refractivity contribution is 0.572. The van der Waals surface area contributed by atoms with Crippen LogP contribution < -0.4 is 5.56 Å². The lowest BCUT2D eigenvalue weighted by Crippen LogP contribution is -2.22. The third kappa shape index (κ3) is 5.33. The van der Waals surface area contributed by atoms with Crippen LogP contribution in [0.25, 0.3) is 28.7 Å².